The molecule has 1 aromatic rings. The van der Waals surface area contributed by atoms with Crippen LogP contribution in [0.2, 0.25) is 0 Å². The third kappa shape index (κ3) is 4.00. The van der Waals surface area contributed by atoms with Crippen molar-refractivity contribution in [3.63, 3.8) is 0 Å². The van der Waals surface area contributed by atoms with Crippen molar-refractivity contribution in [2.24, 2.45) is 11.8 Å². The van der Waals surface area contributed by atoms with Crippen LogP contribution < -0.4 is 4.90 Å². The molecule has 5 fully saturated rings. The molecule has 0 radical (unpaired) electrons. The van der Waals surface area contributed by atoms with Gasteiger partial charge in [-0.3, -0.25) is 4.90 Å². The SMILES string of the molecule is CO[C@H]1O[C@@]2(C)CC[C@H]3CCC[C@@H](CCN4CCN(c5ccc(F)cc5)CC4)[C@]31OO2. The van der Waals surface area contributed by atoms with Crippen LogP contribution >= 0.6 is 0 Å². The van der Waals surface area contributed by atoms with E-state index in [0.29, 0.717) is 11.8 Å². The zero-order valence-corrected chi connectivity index (χ0v) is 18.7. The van der Waals surface area contributed by atoms with Gasteiger partial charge in [-0.25, -0.2) is 14.2 Å². The Morgan fingerprint density at radius 2 is 1.84 bits per heavy atom. The normalized spacial score (nSPS) is 38.7. The van der Waals surface area contributed by atoms with Crippen molar-refractivity contribution in [2.75, 3.05) is 44.7 Å². The molecule has 7 heteroatoms. The number of methoxy groups -OCH3 is 1. The van der Waals surface area contributed by atoms with Gasteiger partial charge >= 0.3 is 0 Å². The fraction of sp³-hybridized carbons (Fsp3) is 0.750. The van der Waals surface area contributed by atoms with Crippen LogP contribution in [0.15, 0.2) is 24.3 Å². The van der Waals surface area contributed by atoms with Crippen molar-refractivity contribution >= 4 is 5.69 Å². The first-order chi connectivity index (χ1) is 15.0. The number of benzene rings is 1. The lowest BCUT2D eigenvalue weighted by molar-refractivity contribution is -0.554. The molecule has 1 aliphatic carbocycles. The monoisotopic (exact) mass is 434 g/mol. The number of nitrogens with zero attached hydrogens (tertiary/aromatic N) is 2. The minimum Gasteiger partial charge on any atom is -0.369 e. The van der Waals surface area contributed by atoms with Gasteiger partial charge in [0.2, 0.25) is 5.79 Å². The largest absolute Gasteiger partial charge is 0.369 e. The summed E-state index contributed by atoms with van der Waals surface area (Å²) in [5.74, 6) is -0.117. The summed E-state index contributed by atoms with van der Waals surface area (Å²) in [6.07, 6.45) is 6.08. The van der Waals surface area contributed by atoms with Crippen LogP contribution in [0.1, 0.15) is 45.4 Å². The van der Waals surface area contributed by atoms with Crippen LogP contribution in [0, 0.1) is 17.7 Å². The Morgan fingerprint density at radius 1 is 1.06 bits per heavy atom. The molecule has 0 N–H and O–H groups in total. The number of halogens is 1. The highest BCUT2D eigenvalue weighted by Gasteiger charge is 2.63. The predicted octanol–water partition coefficient (Wildman–Crippen LogP) is 3.95. The van der Waals surface area contributed by atoms with E-state index in [4.69, 9.17) is 19.2 Å². The number of piperazine rings is 1. The summed E-state index contributed by atoms with van der Waals surface area (Å²) in [6.45, 7) is 6.95. The van der Waals surface area contributed by atoms with Crippen molar-refractivity contribution in [1.29, 1.82) is 0 Å². The van der Waals surface area contributed by atoms with Crippen LogP contribution in [-0.2, 0) is 19.2 Å². The standard InChI is InChI=1S/C24H35FN2O4/c1-23-12-10-18-4-3-5-19(24(18,31-30-23)22(28-2)29-23)11-13-26-14-16-27(17-15-26)21-8-6-20(25)7-9-21/h6-9,18-19,22H,3-5,10-17H2,1-2H3/t18-,19+,22+,23-,24-/m1/s1. The van der Waals surface area contributed by atoms with Gasteiger partial charge < -0.3 is 14.4 Å². The second kappa shape index (κ2) is 8.60. The second-order valence-corrected chi connectivity index (χ2v) is 9.80. The molecule has 5 aliphatic rings. The van der Waals surface area contributed by atoms with E-state index in [2.05, 4.69) is 9.80 Å². The minimum atomic E-state index is -0.704. The molecule has 1 aromatic carbocycles. The van der Waals surface area contributed by atoms with Crippen LogP contribution in [0.3, 0.4) is 0 Å². The van der Waals surface area contributed by atoms with Crippen molar-refractivity contribution in [3.8, 4) is 0 Å². The van der Waals surface area contributed by atoms with Crippen molar-refractivity contribution in [3.05, 3.63) is 30.1 Å². The third-order valence-electron chi connectivity index (χ3n) is 7.99. The lowest BCUT2D eigenvalue weighted by Gasteiger charge is -2.53. The Labute approximate surface area is 184 Å². The summed E-state index contributed by atoms with van der Waals surface area (Å²) in [4.78, 5) is 16.9. The van der Waals surface area contributed by atoms with E-state index in [1.54, 1.807) is 19.2 Å². The summed E-state index contributed by atoms with van der Waals surface area (Å²) < 4.78 is 25.3. The van der Waals surface area contributed by atoms with Crippen LogP contribution in [0.5, 0.6) is 0 Å². The van der Waals surface area contributed by atoms with Crippen molar-refractivity contribution in [1.82, 2.24) is 4.90 Å². The Hall–Kier alpha value is -1.25. The molecule has 31 heavy (non-hydrogen) atoms. The lowest BCUT2D eigenvalue weighted by Crippen LogP contribution is -2.63. The molecule has 5 atom stereocenters. The Kier molecular flexibility index (Phi) is 5.99. The Balaban J connectivity index is 1.22. The maximum atomic E-state index is 13.2. The number of hydrogen-bond donors (Lipinski definition) is 0. The first kappa shape index (κ1) is 21.6. The molecule has 4 saturated heterocycles. The summed E-state index contributed by atoms with van der Waals surface area (Å²) >= 11 is 0. The number of anilines is 1. The minimum absolute atomic E-state index is 0.182. The molecule has 2 bridgehead atoms. The maximum Gasteiger partial charge on any atom is 0.201 e. The summed E-state index contributed by atoms with van der Waals surface area (Å²) in [5, 5.41) is 0. The van der Waals surface area contributed by atoms with Gasteiger partial charge in [0.25, 0.3) is 0 Å². The van der Waals surface area contributed by atoms with E-state index < -0.39 is 11.4 Å². The quantitative estimate of drug-likeness (QED) is 0.654. The smallest absolute Gasteiger partial charge is 0.201 e. The van der Waals surface area contributed by atoms with Crippen LogP contribution in [-0.4, -0.2) is 62.4 Å². The molecule has 4 aliphatic heterocycles. The van der Waals surface area contributed by atoms with Gasteiger partial charge in [-0.15, -0.1) is 0 Å². The average Bonchev–Trinajstić information content (AvgIpc) is 3.03. The van der Waals surface area contributed by atoms with E-state index in [0.717, 1.165) is 70.5 Å². The fourth-order valence-electron chi connectivity index (χ4n) is 6.18. The third-order valence-corrected chi connectivity index (χ3v) is 7.99. The molecular weight excluding hydrogens is 399 g/mol. The first-order valence-corrected chi connectivity index (χ1v) is 11.8. The van der Waals surface area contributed by atoms with Gasteiger partial charge in [0, 0.05) is 45.4 Å². The van der Waals surface area contributed by atoms with Crippen molar-refractivity contribution in [2.45, 2.75) is 63.1 Å². The second-order valence-electron chi connectivity index (χ2n) is 9.80. The fourth-order valence-corrected chi connectivity index (χ4v) is 6.18. The number of hydrogen-bond acceptors (Lipinski definition) is 6. The number of ether oxygens (including phenoxy) is 2. The number of rotatable bonds is 5. The summed E-state index contributed by atoms with van der Waals surface area (Å²) in [5.41, 5.74) is 0.600. The summed E-state index contributed by atoms with van der Waals surface area (Å²) in [6, 6.07) is 6.83. The van der Waals surface area contributed by atoms with Gasteiger partial charge in [0.15, 0.2) is 11.9 Å². The molecule has 1 saturated carbocycles. The highest BCUT2D eigenvalue weighted by atomic mass is 19.1. The summed E-state index contributed by atoms with van der Waals surface area (Å²) in [7, 11) is 1.73. The zero-order chi connectivity index (χ0) is 21.5. The molecule has 0 unspecified atom stereocenters. The van der Waals surface area contributed by atoms with Gasteiger partial charge in [-0.1, -0.05) is 6.42 Å². The van der Waals surface area contributed by atoms with E-state index in [1.807, 2.05) is 19.1 Å². The molecule has 6 rings (SSSR count). The van der Waals surface area contributed by atoms with Crippen molar-refractivity contribution < 1.29 is 23.6 Å². The lowest BCUT2D eigenvalue weighted by atomic mass is 9.65. The van der Waals surface area contributed by atoms with Gasteiger partial charge in [0.05, 0.1) is 0 Å². The van der Waals surface area contributed by atoms with E-state index in [1.165, 1.54) is 6.42 Å². The van der Waals surface area contributed by atoms with E-state index >= 15 is 0 Å². The molecule has 4 heterocycles. The molecule has 0 aromatic heterocycles. The van der Waals surface area contributed by atoms with E-state index in [-0.39, 0.29) is 12.1 Å². The van der Waals surface area contributed by atoms with Crippen LogP contribution in [0.4, 0.5) is 10.1 Å². The first-order valence-electron chi connectivity index (χ1n) is 11.8. The molecule has 6 nitrogen and oxygen atoms in total. The topological polar surface area (TPSA) is 43.4 Å². The highest BCUT2D eigenvalue weighted by molar-refractivity contribution is 5.46. The van der Waals surface area contributed by atoms with Crippen LogP contribution in [0.25, 0.3) is 0 Å². The van der Waals surface area contributed by atoms with Gasteiger partial charge in [0.1, 0.15) is 5.82 Å². The Bertz CT molecular complexity index is 756. The maximum absolute atomic E-state index is 13.2. The highest BCUT2D eigenvalue weighted by Crippen LogP contribution is 2.55. The zero-order valence-electron chi connectivity index (χ0n) is 18.7. The predicted molar refractivity (Wildman–Crippen MR) is 115 cm³/mol. The molecular formula is C24H35FN2O4. The van der Waals surface area contributed by atoms with Gasteiger partial charge in [-0.05, 0) is 75.3 Å². The molecule has 172 valence electrons. The molecule has 1 spiro atoms. The molecule has 0 amide bonds. The van der Waals surface area contributed by atoms with E-state index in [9.17, 15) is 4.39 Å². The average molecular weight is 435 g/mol. The Morgan fingerprint density at radius 3 is 2.58 bits per heavy atom. The number of fused-ring (bicyclic) bond motifs is 3. The van der Waals surface area contributed by atoms with Gasteiger partial charge in [-0.2, -0.15) is 0 Å².